The summed E-state index contributed by atoms with van der Waals surface area (Å²) in [4.78, 5) is 10.3. The molecule has 1 radical (unpaired) electrons. The fourth-order valence-corrected chi connectivity index (χ4v) is 1.93. The predicted octanol–water partition coefficient (Wildman–Crippen LogP) is 5.84. The Kier molecular flexibility index (Phi) is 23.0. The monoisotopic (exact) mass is 327 g/mol. The summed E-state index contributed by atoms with van der Waals surface area (Å²) >= 11 is 0. The molecule has 23 heavy (non-hydrogen) atoms. The van der Waals surface area contributed by atoms with Gasteiger partial charge in [0.2, 0.25) is 0 Å². The number of carboxylic acid groups (broad SMARTS) is 1. The maximum Gasteiger partial charge on any atom is 0.303 e. The van der Waals surface area contributed by atoms with E-state index in [9.17, 15) is 4.79 Å². The van der Waals surface area contributed by atoms with Crippen molar-refractivity contribution in [1.82, 2.24) is 0 Å². The van der Waals surface area contributed by atoms with Crippen molar-refractivity contribution < 1.29 is 9.90 Å². The van der Waals surface area contributed by atoms with Crippen LogP contribution in [0, 0.1) is 0 Å². The molecule has 0 amide bonds. The van der Waals surface area contributed by atoms with Gasteiger partial charge in [-0.15, -0.1) is 0 Å². The molecule has 0 rings (SSSR count). The predicted molar refractivity (Wildman–Crippen MR) is 102 cm³/mol. The van der Waals surface area contributed by atoms with Crippen molar-refractivity contribution >= 4 is 35.5 Å². The second-order valence-electron chi connectivity index (χ2n) is 5.37. The van der Waals surface area contributed by atoms with E-state index in [-0.39, 0.29) is 36.0 Å². The molecule has 125 valence electrons. The first-order valence-corrected chi connectivity index (χ1v) is 8.59. The molecular formula is C20H32NaO2. The summed E-state index contributed by atoms with van der Waals surface area (Å²) in [5.74, 6) is -0.712. The summed E-state index contributed by atoms with van der Waals surface area (Å²) in [5, 5.41) is 8.49. The van der Waals surface area contributed by atoms with Gasteiger partial charge in [-0.05, 0) is 44.9 Å². The van der Waals surface area contributed by atoms with Crippen LogP contribution in [0.15, 0.2) is 48.6 Å². The average molecular weight is 327 g/mol. The van der Waals surface area contributed by atoms with Gasteiger partial charge >= 0.3 is 5.97 Å². The second-order valence-corrected chi connectivity index (χ2v) is 5.37. The molecule has 0 spiro atoms. The third-order valence-corrected chi connectivity index (χ3v) is 3.22. The molecule has 0 saturated carbocycles. The number of hydrogen-bond donors (Lipinski definition) is 1. The van der Waals surface area contributed by atoms with Gasteiger partial charge in [0.15, 0.2) is 0 Å². The molecule has 1 N–H and O–H groups in total. The number of carboxylic acids is 1. The van der Waals surface area contributed by atoms with E-state index in [0.717, 1.165) is 32.1 Å². The fourth-order valence-electron chi connectivity index (χ4n) is 1.93. The van der Waals surface area contributed by atoms with Gasteiger partial charge in [-0.3, -0.25) is 4.79 Å². The van der Waals surface area contributed by atoms with E-state index in [1.165, 1.54) is 25.7 Å². The van der Waals surface area contributed by atoms with E-state index in [0.29, 0.717) is 0 Å². The minimum Gasteiger partial charge on any atom is -0.481 e. The number of unbranched alkanes of at least 4 members (excludes halogenated alkanes) is 4. The quantitative estimate of drug-likeness (QED) is 0.247. The van der Waals surface area contributed by atoms with E-state index in [1.54, 1.807) is 0 Å². The van der Waals surface area contributed by atoms with Crippen LogP contribution in [0.4, 0.5) is 0 Å². The normalized spacial score (nSPS) is 11.9. The molecule has 0 saturated heterocycles. The van der Waals surface area contributed by atoms with Crippen LogP contribution in [0.5, 0.6) is 0 Å². The van der Waals surface area contributed by atoms with E-state index < -0.39 is 5.97 Å². The van der Waals surface area contributed by atoms with Crippen LogP contribution in [-0.2, 0) is 4.79 Å². The van der Waals surface area contributed by atoms with E-state index >= 15 is 0 Å². The largest absolute Gasteiger partial charge is 0.481 e. The summed E-state index contributed by atoms with van der Waals surface area (Å²) in [6.45, 7) is 2.23. The van der Waals surface area contributed by atoms with E-state index in [4.69, 9.17) is 5.11 Å². The molecule has 0 unspecified atom stereocenters. The van der Waals surface area contributed by atoms with Gasteiger partial charge in [-0.1, -0.05) is 68.4 Å². The van der Waals surface area contributed by atoms with Gasteiger partial charge in [0.1, 0.15) is 0 Å². The van der Waals surface area contributed by atoms with E-state index in [1.807, 2.05) is 0 Å². The summed E-state index contributed by atoms with van der Waals surface area (Å²) in [5.41, 5.74) is 0. The van der Waals surface area contributed by atoms with Gasteiger partial charge in [0.05, 0.1) is 0 Å². The molecule has 0 heterocycles. The molecule has 2 nitrogen and oxygen atoms in total. The minimum absolute atomic E-state index is 0. The van der Waals surface area contributed by atoms with Crippen molar-refractivity contribution in [2.45, 2.75) is 71.1 Å². The Bertz CT molecular complexity index is 368. The first-order chi connectivity index (χ1) is 10.8. The summed E-state index contributed by atoms with van der Waals surface area (Å²) in [6.07, 6.45) is 27.3. The van der Waals surface area contributed by atoms with Crippen molar-refractivity contribution in [3.8, 4) is 0 Å². The van der Waals surface area contributed by atoms with Crippen LogP contribution in [-0.4, -0.2) is 40.6 Å². The molecule has 0 aliphatic carbocycles. The Morgan fingerprint density at radius 2 is 1.17 bits per heavy atom. The van der Waals surface area contributed by atoms with Crippen LogP contribution in [0.3, 0.4) is 0 Å². The van der Waals surface area contributed by atoms with Gasteiger partial charge < -0.3 is 5.11 Å². The Balaban J connectivity index is 0. The number of carbonyl (C=O) groups is 1. The Morgan fingerprint density at radius 3 is 1.61 bits per heavy atom. The first kappa shape index (κ1) is 24.7. The van der Waals surface area contributed by atoms with Crippen molar-refractivity contribution in [2.24, 2.45) is 0 Å². The minimum atomic E-state index is -0.712. The first-order valence-electron chi connectivity index (χ1n) is 8.59. The molecule has 0 atom stereocenters. The van der Waals surface area contributed by atoms with Gasteiger partial charge in [0.25, 0.3) is 0 Å². The van der Waals surface area contributed by atoms with Crippen molar-refractivity contribution in [3.63, 3.8) is 0 Å². The maximum atomic E-state index is 10.3. The fraction of sp³-hybridized carbons (Fsp3) is 0.550. The molecule has 0 aliphatic heterocycles. The van der Waals surface area contributed by atoms with Crippen molar-refractivity contribution in [3.05, 3.63) is 48.6 Å². The number of aliphatic carboxylic acids is 1. The van der Waals surface area contributed by atoms with Crippen LogP contribution in [0.1, 0.15) is 71.1 Å². The summed E-state index contributed by atoms with van der Waals surface area (Å²) in [6, 6.07) is 0. The third-order valence-electron chi connectivity index (χ3n) is 3.22. The molecule has 0 aromatic carbocycles. The van der Waals surface area contributed by atoms with Gasteiger partial charge in [-0.2, -0.15) is 0 Å². The molecule has 0 aromatic rings. The van der Waals surface area contributed by atoms with Gasteiger partial charge in [0, 0.05) is 36.0 Å². The number of rotatable bonds is 14. The zero-order valence-corrected chi connectivity index (χ0v) is 17.0. The summed E-state index contributed by atoms with van der Waals surface area (Å²) in [7, 11) is 0. The molecule has 0 aromatic heterocycles. The number of allylic oxidation sites excluding steroid dienone is 8. The Hall–Kier alpha value is -0.570. The Labute approximate surface area is 164 Å². The standard InChI is InChI=1S/C20H32O2.Na/c1-2-3-4-5-6-7-8-9-10-11-12-13-14-15-16-17-18-19-20(21)22;/h6-7,9-10,12-13,15-16H,2-5,8,11,14,17-19H2,1H3,(H,21,22);/b7-6-,10-9-,13-12-,16-15-;. The average Bonchev–Trinajstić information content (AvgIpc) is 2.50. The molecule has 0 aliphatic rings. The smallest absolute Gasteiger partial charge is 0.303 e. The molecular weight excluding hydrogens is 295 g/mol. The van der Waals surface area contributed by atoms with Crippen molar-refractivity contribution in [2.75, 3.05) is 0 Å². The van der Waals surface area contributed by atoms with E-state index in [2.05, 4.69) is 55.5 Å². The van der Waals surface area contributed by atoms with Crippen LogP contribution >= 0.6 is 0 Å². The second kappa shape index (κ2) is 21.4. The molecule has 0 bridgehead atoms. The Morgan fingerprint density at radius 1 is 0.739 bits per heavy atom. The van der Waals surface area contributed by atoms with Crippen LogP contribution in [0.25, 0.3) is 0 Å². The van der Waals surface area contributed by atoms with Crippen molar-refractivity contribution in [1.29, 1.82) is 0 Å². The topological polar surface area (TPSA) is 37.3 Å². The van der Waals surface area contributed by atoms with Crippen LogP contribution in [0.2, 0.25) is 0 Å². The SMILES string of the molecule is CCCCC/C=C\C/C=C\C/C=C\C/C=C\CCCC(=O)O.[Na]. The molecule has 0 fully saturated rings. The maximum absolute atomic E-state index is 10.3. The zero-order valence-electron chi connectivity index (χ0n) is 15.0. The summed E-state index contributed by atoms with van der Waals surface area (Å²) < 4.78 is 0. The van der Waals surface area contributed by atoms with Gasteiger partial charge in [-0.25, -0.2) is 0 Å². The third kappa shape index (κ3) is 23.8. The molecule has 3 heteroatoms. The van der Waals surface area contributed by atoms with Crippen LogP contribution < -0.4 is 0 Å². The number of hydrogen-bond acceptors (Lipinski definition) is 1. The zero-order chi connectivity index (χ0) is 16.3.